The Labute approximate surface area is 95.6 Å². The van der Waals surface area contributed by atoms with E-state index in [0.717, 1.165) is 17.4 Å². The summed E-state index contributed by atoms with van der Waals surface area (Å²) >= 11 is 6.04. The van der Waals surface area contributed by atoms with Gasteiger partial charge in [0.15, 0.2) is 0 Å². The van der Waals surface area contributed by atoms with Crippen molar-refractivity contribution in [3.05, 3.63) is 23.2 Å². The molecule has 1 aromatic rings. The average molecular weight is 226 g/mol. The van der Waals surface area contributed by atoms with Crippen molar-refractivity contribution < 1.29 is 4.74 Å². The first kappa shape index (κ1) is 10.6. The summed E-state index contributed by atoms with van der Waals surface area (Å²) in [6, 6.07) is 6.35. The number of methoxy groups -OCH3 is 1. The number of hydrogen-bond acceptors (Lipinski definition) is 2. The number of ether oxygens (including phenoxy) is 1. The van der Waals surface area contributed by atoms with Crippen LogP contribution in [0.15, 0.2) is 18.2 Å². The molecule has 1 unspecified atom stereocenters. The van der Waals surface area contributed by atoms with Crippen LogP contribution in [0.1, 0.15) is 19.8 Å². The summed E-state index contributed by atoms with van der Waals surface area (Å²) in [6.45, 7) is 2.22. The summed E-state index contributed by atoms with van der Waals surface area (Å²) in [5.41, 5.74) is 1.07. The molecular formula is C12H16ClNO. The molecule has 1 atom stereocenters. The third-order valence-corrected chi connectivity index (χ3v) is 3.17. The van der Waals surface area contributed by atoms with Crippen molar-refractivity contribution in [1.29, 1.82) is 0 Å². The Balaban J connectivity index is 2.05. The Kier molecular flexibility index (Phi) is 3.06. The fourth-order valence-electron chi connectivity index (χ4n) is 1.73. The van der Waals surface area contributed by atoms with Crippen molar-refractivity contribution >= 4 is 17.3 Å². The Morgan fingerprint density at radius 2 is 2.20 bits per heavy atom. The summed E-state index contributed by atoms with van der Waals surface area (Å²) in [7, 11) is 1.63. The van der Waals surface area contributed by atoms with Crippen LogP contribution in [-0.2, 0) is 0 Å². The van der Waals surface area contributed by atoms with Gasteiger partial charge in [-0.25, -0.2) is 0 Å². The van der Waals surface area contributed by atoms with Crippen LogP contribution in [0.2, 0.25) is 5.02 Å². The first-order valence-electron chi connectivity index (χ1n) is 5.31. The van der Waals surface area contributed by atoms with Crippen LogP contribution >= 0.6 is 11.6 Å². The molecule has 1 saturated carbocycles. The van der Waals surface area contributed by atoms with Gasteiger partial charge in [0.1, 0.15) is 5.75 Å². The maximum atomic E-state index is 6.04. The topological polar surface area (TPSA) is 21.3 Å². The molecule has 2 rings (SSSR count). The van der Waals surface area contributed by atoms with Crippen molar-refractivity contribution in [2.24, 2.45) is 5.92 Å². The quantitative estimate of drug-likeness (QED) is 0.846. The molecule has 0 radical (unpaired) electrons. The smallest absolute Gasteiger partial charge is 0.137 e. The van der Waals surface area contributed by atoms with Gasteiger partial charge in [-0.1, -0.05) is 11.6 Å². The number of anilines is 1. The molecule has 0 saturated heterocycles. The lowest BCUT2D eigenvalue weighted by Gasteiger charge is -2.15. The minimum Gasteiger partial charge on any atom is -0.495 e. The summed E-state index contributed by atoms with van der Waals surface area (Å²) in [5.74, 6) is 1.56. The summed E-state index contributed by atoms with van der Waals surface area (Å²) in [4.78, 5) is 0. The number of benzene rings is 1. The minimum atomic E-state index is 0.537. The minimum absolute atomic E-state index is 0.537. The molecule has 1 aliphatic carbocycles. The van der Waals surface area contributed by atoms with Crippen molar-refractivity contribution in [2.45, 2.75) is 25.8 Å². The molecule has 3 heteroatoms. The van der Waals surface area contributed by atoms with E-state index >= 15 is 0 Å². The normalized spacial score (nSPS) is 17.3. The number of halogens is 1. The standard InChI is InChI=1S/C12H16ClNO/c1-8(9-3-4-9)14-10-5-6-12(15-2)11(13)7-10/h5-9,14H,3-4H2,1-2H3. The lowest BCUT2D eigenvalue weighted by molar-refractivity contribution is 0.415. The monoisotopic (exact) mass is 225 g/mol. The van der Waals surface area contributed by atoms with Gasteiger partial charge in [-0.05, 0) is 43.9 Å². The van der Waals surface area contributed by atoms with Crippen LogP contribution in [0.4, 0.5) is 5.69 Å². The van der Waals surface area contributed by atoms with Gasteiger partial charge in [0.25, 0.3) is 0 Å². The van der Waals surface area contributed by atoms with Crippen LogP contribution in [0.3, 0.4) is 0 Å². The molecule has 0 spiro atoms. The SMILES string of the molecule is COc1ccc(NC(C)C2CC2)cc1Cl. The first-order valence-corrected chi connectivity index (χ1v) is 5.68. The summed E-state index contributed by atoms with van der Waals surface area (Å²) in [6.07, 6.45) is 2.69. The highest BCUT2D eigenvalue weighted by atomic mass is 35.5. The fraction of sp³-hybridized carbons (Fsp3) is 0.500. The maximum absolute atomic E-state index is 6.04. The van der Waals surface area contributed by atoms with Gasteiger partial charge in [-0.2, -0.15) is 0 Å². The van der Waals surface area contributed by atoms with E-state index in [1.807, 2.05) is 18.2 Å². The Morgan fingerprint density at radius 1 is 1.47 bits per heavy atom. The Morgan fingerprint density at radius 3 is 2.73 bits per heavy atom. The molecule has 1 aliphatic rings. The van der Waals surface area contributed by atoms with Gasteiger partial charge in [-0.3, -0.25) is 0 Å². The van der Waals surface area contributed by atoms with Crippen LogP contribution < -0.4 is 10.1 Å². The van der Waals surface area contributed by atoms with Gasteiger partial charge in [-0.15, -0.1) is 0 Å². The molecule has 0 bridgehead atoms. The highest BCUT2D eigenvalue weighted by molar-refractivity contribution is 6.32. The van der Waals surface area contributed by atoms with Gasteiger partial charge in [0.2, 0.25) is 0 Å². The van der Waals surface area contributed by atoms with Crippen LogP contribution in [-0.4, -0.2) is 13.2 Å². The van der Waals surface area contributed by atoms with Gasteiger partial charge >= 0.3 is 0 Å². The molecule has 15 heavy (non-hydrogen) atoms. The largest absolute Gasteiger partial charge is 0.495 e. The van der Waals surface area contributed by atoms with E-state index in [4.69, 9.17) is 16.3 Å². The van der Waals surface area contributed by atoms with E-state index in [1.54, 1.807) is 7.11 Å². The Hall–Kier alpha value is -0.890. The molecule has 2 nitrogen and oxygen atoms in total. The summed E-state index contributed by atoms with van der Waals surface area (Å²) in [5, 5.41) is 4.11. The molecule has 0 aromatic heterocycles. The van der Waals surface area contributed by atoms with E-state index < -0.39 is 0 Å². The zero-order valence-corrected chi connectivity index (χ0v) is 9.84. The van der Waals surface area contributed by atoms with Crippen LogP contribution in [0.25, 0.3) is 0 Å². The lowest BCUT2D eigenvalue weighted by atomic mass is 10.2. The zero-order valence-electron chi connectivity index (χ0n) is 9.09. The van der Waals surface area contributed by atoms with Crippen molar-refractivity contribution in [1.82, 2.24) is 0 Å². The Bertz CT molecular complexity index is 349. The predicted octanol–water partition coefficient (Wildman–Crippen LogP) is 3.56. The van der Waals surface area contributed by atoms with E-state index in [-0.39, 0.29) is 0 Å². The maximum Gasteiger partial charge on any atom is 0.137 e. The molecule has 0 amide bonds. The van der Waals surface area contributed by atoms with Crippen LogP contribution in [0, 0.1) is 5.92 Å². The number of rotatable bonds is 4. The van der Waals surface area contributed by atoms with Crippen molar-refractivity contribution in [2.75, 3.05) is 12.4 Å². The van der Waals surface area contributed by atoms with E-state index in [1.165, 1.54) is 12.8 Å². The van der Waals surface area contributed by atoms with E-state index in [2.05, 4.69) is 12.2 Å². The lowest BCUT2D eigenvalue weighted by Crippen LogP contribution is -2.17. The number of nitrogens with one attached hydrogen (secondary N) is 1. The highest BCUT2D eigenvalue weighted by Gasteiger charge is 2.27. The molecule has 82 valence electrons. The molecular weight excluding hydrogens is 210 g/mol. The predicted molar refractivity (Wildman–Crippen MR) is 63.8 cm³/mol. The third kappa shape index (κ3) is 2.57. The average Bonchev–Trinajstić information content (AvgIpc) is 3.01. The first-order chi connectivity index (χ1) is 7.20. The second-order valence-electron chi connectivity index (χ2n) is 4.12. The molecule has 1 N–H and O–H groups in total. The zero-order chi connectivity index (χ0) is 10.8. The fourth-order valence-corrected chi connectivity index (χ4v) is 1.99. The molecule has 1 aromatic carbocycles. The van der Waals surface area contributed by atoms with Gasteiger partial charge < -0.3 is 10.1 Å². The molecule has 1 fully saturated rings. The number of hydrogen-bond donors (Lipinski definition) is 1. The second kappa shape index (κ2) is 4.31. The van der Waals surface area contributed by atoms with E-state index in [0.29, 0.717) is 11.1 Å². The summed E-state index contributed by atoms with van der Waals surface area (Å²) < 4.78 is 5.11. The second-order valence-corrected chi connectivity index (χ2v) is 4.53. The van der Waals surface area contributed by atoms with Crippen LogP contribution in [0.5, 0.6) is 5.75 Å². The van der Waals surface area contributed by atoms with Crippen molar-refractivity contribution in [3.63, 3.8) is 0 Å². The molecule has 0 aliphatic heterocycles. The van der Waals surface area contributed by atoms with Gasteiger partial charge in [0, 0.05) is 11.7 Å². The molecule has 0 heterocycles. The van der Waals surface area contributed by atoms with E-state index in [9.17, 15) is 0 Å². The van der Waals surface area contributed by atoms with Gasteiger partial charge in [0.05, 0.1) is 12.1 Å². The third-order valence-electron chi connectivity index (χ3n) is 2.88. The highest BCUT2D eigenvalue weighted by Crippen LogP contribution is 2.35. The van der Waals surface area contributed by atoms with Crippen molar-refractivity contribution in [3.8, 4) is 5.75 Å².